The van der Waals surface area contributed by atoms with Crippen LogP contribution in [-0.2, 0) is 4.79 Å². The van der Waals surface area contributed by atoms with Crippen molar-refractivity contribution >= 4 is 30.7 Å². The Morgan fingerprint density at radius 2 is 1.77 bits per heavy atom. The summed E-state index contributed by atoms with van der Waals surface area (Å²) < 4.78 is 27.6. The number of hydrogen-bond acceptors (Lipinski definition) is 3. The van der Waals surface area contributed by atoms with E-state index >= 15 is 0 Å². The first-order valence-electron chi connectivity index (χ1n) is 6.45. The Balaban J connectivity index is 0. The fourth-order valence-corrected chi connectivity index (χ4v) is 1.95. The summed E-state index contributed by atoms with van der Waals surface area (Å²) in [4.78, 5) is 13.2. The zero-order valence-corrected chi connectivity index (χ0v) is 14.4. The van der Waals surface area contributed by atoms with Crippen LogP contribution in [0, 0.1) is 11.6 Å². The average Bonchev–Trinajstić information content (AvgIpc) is 2.31. The average molecular weight is 358 g/mol. The van der Waals surface area contributed by atoms with E-state index in [1.807, 2.05) is 0 Å². The molecule has 0 saturated heterocycles. The van der Waals surface area contributed by atoms with Gasteiger partial charge in [0.15, 0.2) is 0 Å². The third-order valence-electron chi connectivity index (χ3n) is 2.96. The van der Waals surface area contributed by atoms with Gasteiger partial charge in [0, 0.05) is 24.6 Å². The predicted molar refractivity (Wildman–Crippen MR) is 88.6 cm³/mol. The molecule has 22 heavy (non-hydrogen) atoms. The molecule has 1 rings (SSSR count). The highest BCUT2D eigenvalue weighted by atomic mass is 35.5. The fraction of sp³-hybridized carbons (Fsp3) is 0.500. The zero-order valence-electron chi connectivity index (χ0n) is 12.8. The van der Waals surface area contributed by atoms with E-state index in [0.717, 1.165) is 0 Å². The topological polar surface area (TPSA) is 58.4 Å². The van der Waals surface area contributed by atoms with E-state index in [1.165, 1.54) is 18.2 Å². The quantitative estimate of drug-likeness (QED) is 0.820. The number of carbonyl (C=O) groups is 1. The molecular weight excluding hydrogens is 335 g/mol. The number of nitrogens with zero attached hydrogens (tertiary/aromatic N) is 1. The van der Waals surface area contributed by atoms with Gasteiger partial charge in [0.25, 0.3) is 0 Å². The molecule has 2 atom stereocenters. The minimum absolute atomic E-state index is 0. The summed E-state index contributed by atoms with van der Waals surface area (Å²) in [5.41, 5.74) is 5.48. The van der Waals surface area contributed by atoms with Crippen molar-refractivity contribution in [1.82, 2.24) is 10.2 Å². The van der Waals surface area contributed by atoms with Crippen LogP contribution in [0.1, 0.15) is 24.9 Å². The molecule has 0 aromatic heterocycles. The Bertz CT molecular complexity index is 453. The van der Waals surface area contributed by atoms with Crippen molar-refractivity contribution in [3.63, 3.8) is 0 Å². The zero-order chi connectivity index (χ0) is 15.3. The van der Waals surface area contributed by atoms with Gasteiger partial charge in [-0.2, -0.15) is 0 Å². The Hall–Kier alpha value is -0.950. The summed E-state index contributed by atoms with van der Waals surface area (Å²) in [7, 11) is 3.41. The maximum Gasteiger partial charge on any atom is 0.221 e. The van der Waals surface area contributed by atoms with Gasteiger partial charge in [-0.15, -0.1) is 24.8 Å². The second-order valence-electron chi connectivity index (χ2n) is 5.10. The molecule has 2 unspecified atom stereocenters. The lowest BCUT2D eigenvalue weighted by atomic mass is 10.0. The molecule has 3 N–H and O–H groups in total. The maximum atomic E-state index is 13.8. The number of nitrogens with two attached hydrogens (primary N) is 1. The van der Waals surface area contributed by atoms with Gasteiger partial charge in [-0.25, -0.2) is 8.78 Å². The molecule has 0 aliphatic rings. The van der Waals surface area contributed by atoms with Gasteiger partial charge >= 0.3 is 0 Å². The van der Waals surface area contributed by atoms with Crippen LogP contribution in [0.15, 0.2) is 18.2 Å². The molecule has 1 amide bonds. The largest absolute Gasteiger partial charge is 0.354 e. The van der Waals surface area contributed by atoms with Crippen LogP contribution >= 0.6 is 24.8 Å². The Morgan fingerprint density at radius 1 is 1.27 bits per heavy atom. The first-order valence-corrected chi connectivity index (χ1v) is 6.45. The van der Waals surface area contributed by atoms with Crippen molar-refractivity contribution in [3.05, 3.63) is 35.4 Å². The normalized spacial score (nSPS) is 12.9. The number of amides is 1. The lowest BCUT2D eigenvalue weighted by molar-refractivity contribution is -0.121. The van der Waals surface area contributed by atoms with Crippen LogP contribution < -0.4 is 11.1 Å². The first kappa shape index (κ1) is 23.3. The van der Waals surface area contributed by atoms with Crippen LogP contribution in [0.5, 0.6) is 0 Å². The van der Waals surface area contributed by atoms with Crippen molar-refractivity contribution in [2.24, 2.45) is 5.73 Å². The van der Waals surface area contributed by atoms with E-state index in [2.05, 4.69) is 5.32 Å². The molecule has 8 heteroatoms. The van der Waals surface area contributed by atoms with Crippen LogP contribution in [0.2, 0.25) is 0 Å². The van der Waals surface area contributed by atoms with Crippen molar-refractivity contribution in [2.45, 2.75) is 25.4 Å². The molecule has 128 valence electrons. The fourth-order valence-electron chi connectivity index (χ4n) is 1.95. The maximum absolute atomic E-state index is 13.8. The summed E-state index contributed by atoms with van der Waals surface area (Å²) in [6.07, 6.45) is 0.180. The van der Waals surface area contributed by atoms with Gasteiger partial charge in [-0.3, -0.25) is 4.79 Å². The van der Waals surface area contributed by atoms with E-state index in [1.54, 1.807) is 25.9 Å². The molecule has 0 fully saturated rings. The van der Waals surface area contributed by atoms with E-state index in [4.69, 9.17) is 5.73 Å². The first-order chi connectivity index (χ1) is 9.32. The molecule has 0 heterocycles. The molecule has 0 saturated carbocycles. The second kappa shape index (κ2) is 10.7. The van der Waals surface area contributed by atoms with Gasteiger partial charge in [-0.1, -0.05) is 6.07 Å². The van der Waals surface area contributed by atoms with E-state index in [-0.39, 0.29) is 55.3 Å². The summed E-state index contributed by atoms with van der Waals surface area (Å²) in [5, 5.41) is 2.65. The third-order valence-corrected chi connectivity index (χ3v) is 2.96. The summed E-state index contributed by atoms with van der Waals surface area (Å²) in [6, 6.07) is 2.90. The lowest BCUT2D eigenvalue weighted by Gasteiger charge is -2.26. The highest BCUT2D eigenvalue weighted by Crippen LogP contribution is 2.23. The van der Waals surface area contributed by atoms with Gasteiger partial charge in [-0.05, 0) is 33.2 Å². The van der Waals surface area contributed by atoms with Crippen molar-refractivity contribution < 1.29 is 13.6 Å². The molecule has 1 aromatic carbocycles. The number of carbonyl (C=O) groups excluding carboxylic acids is 1. The standard InChI is InChI=1S/C14H21F2N3O.2ClH/c1-9(17)7-13(20)18-8-12(19(2)3)14-10(15)5-4-6-11(14)16;;/h4-6,9,12H,7-8,17H2,1-3H3,(H,18,20);2*1H. The highest BCUT2D eigenvalue weighted by Gasteiger charge is 2.22. The molecule has 4 nitrogen and oxygen atoms in total. The minimum Gasteiger partial charge on any atom is -0.354 e. The predicted octanol–water partition coefficient (Wildman–Crippen LogP) is 2.26. The van der Waals surface area contributed by atoms with Gasteiger partial charge in [0.1, 0.15) is 11.6 Å². The van der Waals surface area contributed by atoms with Gasteiger partial charge in [0.05, 0.1) is 6.04 Å². The van der Waals surface area contributed by atoms with E-state index < -0.39 is 17.7 Å². The van der Waals surface area contributed by atoms with E-state index in [0.29, 0.717) is 0 Å². The smallest absolute Gasteiger partial charge is 0.221 e. The third kappa shape index (κ3) is 6.87. The number of rotatable bonds is 6. The van der Waals surface area contributed by atoms with Crippen LogP contribution in [0.4, 0.5) is 8.78 Å². The number of likely N-dealkylation sites (N-methyl/N-ethyl adjacent to an activating group) is 1. The summed E-state index contributed by atoms with van der Waals surface area (Å²) in [5.74, 6) is -1.47. The van der Waals surface area contributed by atoms with Crippen molar-refractivity contribution in [1.29, 1.82) is 0 Å². The SMILES string of the molecule is CC(N)CC(=O)NCC(c1c(F)cccc1F)N(C)C.Cl.Cl. The second-order valence-corrected chi connectivity index (χ2v) is 5.10. The molecular formula is C14H23Cl2F2N3O. The molecule has 0 spiro atoms. The molecule has 0 radical (unpaired) electrons. The van der Waals surface area contributed by atoms with E-state index in [9.17, 15) is 13.6 Å². The Kier molecular flexibility index (Phi) is 11.4. The Morgan fingerprint density at radius 3 is 2.18 bits per heavy atom. The summed E-state index contributed by atoms with van der Waals surface area (Å²) in [6.45, 7) is 1.84. The van der Waals surface area contributed by atoms with Crippen molar-refractivity contribution in [3.8, 4) is 0 Å². The van der Waals surface area contributed by atoms with Gasteiger partial charge in [0.2, 0.25) is 5.91 Å². The molecule has 1 aromatic rings. The number of benzene rings is 1. The Labute approximate surface area is 142 Å². The van der Waals surface area contributed by atoms with Crippen LogP contribution in [0.25, 0.3) is 0 Å². The monoisotopic (exact) mass is 357 g/mol. The molecule has 0 aliphatic heterocycles. The highest BCUT2D eigenvalue weighted by molar-refractivity contribution is 5.85. The van der Waals surface area contributed by atoms with Crippen LogP contribution in [0.3, 0.4) is 0 Å². The van der Waals surface area contributed by atoms with Crippen LogP contribution in [-0.4, -0.2) is 37.5 Å². The minimum atomic E-state index is -0.620. The summed E-state index contributed by atoms with van der Waals surface area (Å²) >= 11 is 0. The number of halogens is 4. The molecule has 0 bridgehead atoms. The van der Waals surface area contributed by atoms with Crippen molar-refractivity contribution in [2.75, 3.05) is 20.6 Å². The number of hydrogen-bond donors (Lipinski definition) is 2. The lowest BCUT2D eigenvalue weighted by Crippen LogP contribution is -2.37. The molecule has 0 aliphatic carbocycles. The number of nitrogens with one attached hydrogen (secondary N) is 1. The van der Waals surface area contributed by atoms with Gasteiger partial charge < -0.3 is 16.0 Å².